The van der Waals surface area contributed by atoms with Crippen molar-refractivity contribution in [3.8, 4) is 0 Å². The van der Waals surface area contributed by atoms with E-state index in [0.29, 0.717) is 13.0 Å². The maximum absolute atomic E-state index is 12.6. The van der Waals surface area contributed by atoms with Gasteiger partial charge in [0.1, 0.15) is 6.10 Å². The lowest BCUT2D eigenvalue weighted by Crippen LogP contribution is -2.62. The smallest absolute Gasteiger partial charge is 0.306 e. The maximum atomic E-state index is 12.6. The van der Waals surface area contributed by atoms with Crippen molar-refractivity contribution >= 4 is 5.97 Å². The molecule has 1 aliphatic rings. The van der Waals surface area contributed by atoms with Crippen LogP contribution >= 0.6 is 0 Å². The Bertz CT molecular complexity index is 642. The molecular formula is C36H71NO4. The summed E-state index contributed by atoms with van der Waals surface area (Å²) in [4.78, 5) is 19.0. The standard InChI is InChI=1S/C36H71NO4/c1-9-11-12-13-14-15-16-17-18-19-20-21-22-23-24-25-26-27-33(38)41-32-29-34(3,4)37(35(5,6)30-32)40-31-36(7,8)39-28-10-2/h32H,9-31H2,1-8H3. The Morgan fingerprint density at radius 3 is 1.51 bits per heavy atom. The second kappa shape index (κ2) is 21.1. The number of hydrogen-bond donors (Lipinski definition) is 0. The van der Waals surface area contributed by atoms with E-state index in [9.17, 15) is 4.79 Å². The summed E-state index contributed by atoms with van der Waals surface area (Å²) in [5.74, 6) is -0.0361. The lowest BCUT2D eigenvalue weighted by molar-refractivity contribution is -0.309. The Kier molecular flexibility index (Phi) is 19.8. The van der Waals surface area contributed by atoms with Crippen molar-refractivity contribution in [2.45, 2.75) is 213 Å². The topological polar surface area (TPSA) is 48.0 Å². The summed E-state index contributed by atoms with van der Waals surface area (Å²) >= 11 is 0. The molecule has 0 spiro atoms. The van der Waals surface area contributed by atoms with E-state index < -0.39 is 0 Å². The number of piperidine rings is 1. The zero-order valence-corrected chi connectivity index (χ0v) is 28.9. The Morgan fingerprint density at radius 1 is 0.683 bits per heavy atom. The molecule has 1 rings (SSSR count). The average molecular weight is 582 g/mol. The molecule has 0 aromatic carbocycles. The summed E-state index contributed by atoms with van der Waals surface area (Å²) in [5, 5.41) is 2.12. The summed E-state index contributed by atoms with van der Waals surface area (Å²) < 4.78 is 12.0. The second-order valence-electron chi connectivity index (χ2n) is 14.7. The van der Waals surface area contributed by atoms with Crippen LogP contribution in [0.2, 0.25) is 0 Å². The molecule has 0 unspecified atom stereocenters. The van der Waals surface area contributed by atoms with Crippen LogP contribution in [0.1, 0.15) is 190 Å². The first-order valence-corrected chi connectivity index (χ1v) is 17.7. The molecule has 0 amide bonds. The fourth-order valence-electron chi connectivity index (χ4n) is 6.48. The van der Waals surface area contributed by atoms with E-state index in [0.717, 1.165) is 38.7 Å². The zero-order valence-electron chi connectivity index (χ0n) is 28.9. The Labute approximate surface area is 256 Å². The van der Waals surface area contributed by atoms with Crippen LogP contribution in [0.25, 0.3) is 0 Å². The van der Waals surface area contributed by atoms with Gasteiger partial charge in [0.25, 0.3) is 0 Å². The van der Waals surface area contributed by atoms with Crippen LogP contribution in [0.4, 0.5) is 0 Å². The van der Waals surface area contributed by atoms with E-state index in [-0.39, 0.29) is 28.8 Å². The van der Waals surface area contributed by atoms with Gasteiger partial charge in [-0.15, -0.1) is 0 Å². The second-order valence-corrected chi connectivity index (χ2v) is 14.7. The molecule has 0 N–H and O–H groups in total. The third-order valence-corrected chi connectivity index (χ3v) is 8.57. The molecule has 1 aliphatic heterocycles. The van der Waals surface area contributed by atoms with Crippen LogP contribution in [0, 0.1) is 0 Å². The highest BCUT2D eigenvalue weighted by Gasteiger charge is 2.48. The highest BCUT2D eigenvalue weighted by atomic mass is 16.7. The third-order valence-electron chi connectivity index (χ3n) is 8.57. The number of hydroxylamine groups is 2. The lowest BCUT2D eigenvalue weighted by atomic mass is 9.80. The molecule has 0 aromatic rings. The van der Waals surface area contributed by atoms with Crippen LogP contribution in [0.15, 0.2) is 0 Å². The molecule has 41 heavy (non-hydrogen) atoms. The number of esters is 1. The van der Waals surface area contributed by atoms with Gasteiger partial charge in [-0.3, -0.25) is 9.63 Å². The number of hydrogen-bond acceptors (Lipinski definition) is 5. The van der Waals surface area contributed by atoms with E-state index >= 15 is 0 Å². The van der Waals surface area contributed by atoms with Gasteiger partial charge in [0.15, 0.2) is 0 Å². The molecule has 244 valence electrons. The molecule has 5 nitrogen and oxygen atoms in total. The first kappa shape index (κ1) is 38.4. The van der Waals surface area contributed by atoms with Crippen molar-refractivity contribution in [2.24, 2.45) is 0 Å². The first-order chi connectivity index (χ1) is 19.4. The molecule has 0 aliphatic carbocycles. The van der Waals surface area contributed by atoms with Gasteiger partial charge in [-0.25, -0.2) is 0 Å². The third kappa shape index (κ3) is 17.9. The number of carbonyl (C=O) groups excluding carboxylic acids is 1. The number of ether oxygens (including phenoxy) is 2. The van der Waals surface area contributed by atoms with Crippen LogP contribution < -0.4 is 0 Å². The van der Waals surface area contributed by atoms with Gasteiger partial charge in [-0.05, 0) is 54.4 Å². The number of nitrogens with zero attached hydrogens (tertiary/aromatic N) is 1. The van der Waals surface area contributed by atoms with Crippen LogP contribution in [-0.4, -0.2) is 47.0 Å². The fraction of sp³-hybridized carbons (Fsp3) is 0.972. The highest BCUT2D eigenvalue weighted by molar-refractivity contribution is 5.69. The zero-order chi connectivity index (χ0) is 30.6. The Hall–Kier alpha value is -0.650. The molecule has 1 heterocycles. The van der Waals surface area contributed by atoms with Gasteiger partial charge in [-0.2, -0.15) is 5.06 Å². The van der Waals surface area contributed by atoms with Crippen molar-refractivity contribution in [3.05, 3.63) is 0 Å². The Morgan fingerprint density at radius 2 is 1.10 bits per heavy atom. The summed E-state index contributed by atoms with van der Waals surface area (Å²) in [6, 6.07) is 0. The largest absolute Gasteiger partial charge is 0.462 e. The molecule has 0 saturated carbocycles. The normalized spacial score (nSPS) is 17.7. The fourth-order valence-corrected chi connectivity index (χ4v) is 6.48. The molecule has 0 bridgehead atoms. The molecule has 5 heteroatoms. The van der Waals surface area contributed by atoms with Crippen LogP contribution in [-0.2, 0) is 19.1 Å². The Balaban J connectivity index is 2.12. The highest BCUT2D eigenvalue weighted by Crippen LogP contribution is 2.40. The van der Waals surface area contributed by atoms with Gasteiger partial charge in [0.05, 0.1) is 12.2 Å². The minimum absolute atomic E-state index is 0.0361. The molecule has 1 saturated heterocycles. The van der Waals surface area contributed by atoms with Crippen molar-refractivity contribution in [1.82, 2.24) is 5.06 Å². The van der Waals surface area contributed by atoms with Gasteiger partial charge in [0.2, 0.25) is 0 Å². The van der Waals surface area contributed by atoms with Gasteiger partial charge < -0.3 is 9.47 Å². The average Bonchev–Trinajstić information content (AvgIpc) is 2.87. The van der Waals surface area contributed by atoms with E-state index in [1.807, 2.05) is 0 Å². The summed E-state index contributed by atoms with van der Waals surface area (Å²) in [6.45, 7) is 18.6. The van der Waals surface area contributed by atoms with Crippen molar-refractivity contribution in [2.75, 3.05) is 13.2 Å². The quantitative estimate of drug-likeness (QED) is 0.0792. The van der Waals surface area contributed by atoms with Crippen LogP contribution in [0.5, 0.6) is 0 Å². The first-order valence-electron chi connectivity index (χ1n) is 17.7. The lowest BCUT2D eigenvalue weighted by Gasteiger charge is -2.53. The van der Waals surface area contributed by atoms with E-state index in [1.54, 1.807) is 0 Å². The van der Waals surface area contributed by atoms with Crippen molar-refractivity contribution < 1.29 is 19.1 Å². The SMILES string of the molecule is CCCCCCCCCCCCCCCCCCCC(=O)OC1CC(C)(C)N(OCC(C)(C)OCCC)C(C)(C)C1. The van der Waals surface area contributed by atoms with E-state index in [2.05, 4.69) is 60.5 Å². The molecule has 0 radical (unpaired) electrons. The minimum Gasteiger partial charge on any atom is -0.462 e. The number of rotatable bonds is 25. The van der Waals surface area contributed by atoms with E-state index in [1.165, 1.54) is 96.3 Å². The predicted octanol–water partition coefficient (Wildman–Crippen LogP) is 10.7. The number of unbranched alkanes of at least 4 members (excludes halogenated alkanes) is 16. The summed E-state index contributed by atoms with van der Waals surface area (Å²) in [5.41, 5.74) is -0.805. The van der Waals surface area contributed by atoms with Crippen molar-refractivity contribution in [1.29, 1.82) is 0 Å². The summed E-state index contributed by atoms with van der Waals surface area (Å²) in [6.07, 6.45) is 25.9. The maximum Gasteiger partial charge on any atom is 0.306 e. The molecular weight excluding hydrogens is 510 g/mol. The molecule has 0 atom stereocenters. The van der Waals surface area contributed by atoms with Gasteiger partial charge in [0, 0.05) is 36.9 Å². The van der Waals surface area contributed by atoms with Gasteiger partial charge in [-0.1, -0.05) is 117 Å². The van der Waals surface area contributed by atoms with E-state index in [4.69, 9.17) is 14.3 Å². The summed E-state index contributed by atoms with van der Waals surface area (Å²) in [7, 11) is 0. The van der Waals surface area contributed by atoms with Gasteiger partial charge >= 0.3 is 5.97 Å². The molecule has 1 fully saturated rings. The predicted molar refractivity (Wildman–Crippen MR) is 174 cm³/mol. The molecule has 0 aromatic heterocycles. The van der Waals surface area contributed by atoms with Crippen LogP contribution in [0.3, 0.4) is 0 Å². The number of carbonyl (C=O) groups is 1. The monoisotopic (exact) mass is 582 g/mol. The minimum atomic E-state index is -0.335. The van der Waals surface area contributed by atoms with Crippen molar-refractivity contribution in [3.63, 3.8) is 0 Å².